The average molecular weight is 469 g/mol. The van der Waals surface area contributed by atoms with Crippen LogP contribution in [0.2, 0.25) is 0 Å². The van der Waals surface area contributed by atoms with E-state index in [-0.39, 0.29) is 11.6 Å². The number of hydrogen-bond donors (Lipinski definition) is 4. The number of fused-ring (bicyclic) bond motifs is 1. The maximum Gasteiger partial charge on any atom is 0.281 e. The molecule has 0 aliphatic carbocycles. The Morgan fingerprint density at radius 3 is 2.59 bits per heavy atom. The second kappa shape index (κ2) is 9.90. The van der Waals surface area contributed by atoms with E-state index < -0.39 is 43.2 Å². The molecule has 0 bridgehead atoms. The molecule has 0 spiro atoms. The van der Waals surface area contributed by atoms with Crippen molar-refractivity contribution in [2.24, 2.45) is 5.16 Å². The quantitative estimate of drug-likeness (QED) is 0.443. The predicted molar refractivity (Wildman–Crippen MR) is 122 cm³/mol. The van der Waals surface area contributed by atoms with Gasteiger partial charge in [-0.25, -0.2) is 0 Å². The average Bonchev–Trinajstić information content (AvgIpc) is 3.07. The molecule has 5 atom stereocenters. The van der Waals surface area contributed by atoms with Crippen molar-refractivity contribution in [3.63, 3.8) is 0 Å². The molecule has 34 heavy (non-hydrogen) atoms. The Bertz CT molecular complexity index is 1090. The number of benzene rings is 2. The molecular formula is C24H27N3O7. The van der Waals surface area contributed by atoms with Crippen LogP contribution in [0.1, 0.15) is 23.6 Å². The highest BCUT2D eigenvalue weighted by molar-refractivity contribution is 6.54. The molecule has 10 heteroatoms. The number of amides is 2. The molecule has 0 unspecified atom stereocenters. The van der Waals surface area contributed by atoms with Crippen molar-refractivity contribution < 1.29 is 34.5 Å². The van der Waals surface area contributed by atoms with Gasteiger partial charge in [-0.2, -0.15) is 0 Å². The summed E-state index contributed by atoms with van der Waals surface area (Å²) in [6.07, 6.45) is -5.44. The SMILES string of the molecule is CC(=O)N[C@H]1[C@H](O/N=C2\C(=O)N(Cc3ccccc3)c3ccc(C)cc32)O[C@@H](CO)[C@@H](O)[C@H]1O. The van der Waals surface area contributed by atoms with Gasteiger partial charge in [0.05, 0.1) is 18.8 Å². The van der Waals surface area contributed by atoms with E-state index in [1.807, 2.05) is 55.5 Å². The second-order valence-electron chi connectivity index (χ2n) is 8.38. The van der Waals surface area contributed by atoms with Gasteiger partial charge >= 0.3 is 0 Å². The van der Waals surface area contributed by atoms with Gasteiger partial charge in [-0.05, 0) is 24.6 Å². The summed E-state index contributed by atoms with van der Waals surface area (Å²) in [5.74, 6) is -0.869. The van der Waals surface area contributed by atoms with Crippen LogP contribution in [0.3, 0.4) is 0 Å². The maximum atomic E-state index is 13.3. The fourth-order valence-corrected chi connectivity index (χ4v) is 4.10. The van der Waals surface area contributed by atoms with Gasteiger partial charge in [0.2, 0.25) is 12.2 Å². The van der Waals surface area contributed by atoms with Gasteiger partial charge in [0.15, 0.2) is 5.71 Å². The Labute approximate surface area is 196 Å². The fourth-order valence-electron chi connectivity index (χ4n) is 4.10. The van der Waals surface area contributed by atoms with Crippen molar-refractivity contribution in [1.29, 1.82) is 0 Å². The van der Waals surface area contributed by atoms with Crippen molar-refractivity contribution in [2.45, 2.75) is 51.0 Å². The number of carbonyl (C=O) groups is 2. The van der Waals surface area contributed by atoms with Crippen LogP contribution in [0.25, 0.3) is 0 Å². The number of carbonyl (C=O) groups excluding carboxylic acids is 2. The Kier molecular flexibility index (Phi) is 6.94. The zero-order chi connectivity index (χ0) is 24.4. The molecule has 2 aromatic carbocycles. The molecule has 0 aromatic heterocycles. The third kappa shape index (κ3) is 4.66. The topological polar surface area (TPSA) is 141 Å². The summed E-state index contributed by atoms with van der Waals surface area (Å²) < 4.78 is 5.53. The van der Waals surface area contributed by atoms with Crippen molar-refractivity contribution in [3.8, 4) is 0 Å². The molecule has 4 rings (SSSR count). The predicted octanol–water partition coefficient (Wildman–Crippen LogP) is 0.206. The van der Waals surface area contributed by atoms with Gasteiger partial charge < -0.3 is 35.1 Å². The molecule has 2 amide bonds. The van der Waals surface area contributed by atoms with Gasteiger partial charge in [0.1, 0.15) is 24.4 Å². The first kappa shape index (κ1) is 23.8. The smallest absolute Gasteiger partial charge is 0.281 e. The lowest BCUT2D eigenvalue weighted by Crippen LogP contribution is -2.64. The molecule has 1 fully saturated rings. The van der Waals surface area contributed by atoms with E-state index in [1.54, 1.807) is 4.90 Å². The van der Waals surface area contributed by atoms with Crippen LogP contribution in [-0.4, -0.2) is 70.1 Å². The number of hydrogen-bond acceptors (Lipinski definition) is 8. The number of nitrogens with one attached hydrogen (secondary N) is 1. The van der Waals surface area contributed by atoms with Crippen LogP contribution in [0, 0.1) is 6.92 Å². The second-order valence-corrected chi connectivity index (χ2v) is 8.38. The zero-order valence-corrected chi connectivity index (χ0v) is 18.8. The van der Waals surface area contributed by atoms with E-state index in [0.29, 0.717) is 17.8 Å². The highest BCUT2D eigenvalue weighted by Crippen LogP contribution is 2.32. The van der Waals surface area contributed by atoms with E-state index in [4.69, 9.17) is 9.57 Å². The molecule has 10 nitrogen and oxygen atoms in total. The lowest BCUT2D eigenvalue weighted by Gasteiger charge is -2.40. The maximum absolute atomic E-state index is 13.3. The van der Waals surface area contributed by atoms with E-state index >= 15 is 0 Å². The summed E-state index contributed by atoms with van der Waals surface area (Å²) in [4.78, 5) is 32.1. The van der Waals surface area contributed by atoms with Gasteiger partial charge in [-0.3, -0.25) is 9.59 Å². The molecular weight excluding hydrogens is 442 g/mol. The summed E-state index contributed by atoms with van der Waals surface area (Å²) in [6, 6.07) is 13.9. The molecule has 0 saturated carbocycles. The van der Waals surface area contributed by atoms with Crippen LogP contribution in [0.5, 0.6) is 0 Å². The third-order valence-electron chi connectivity index (χ3n) is 5.83. The van der Waals surface area contributed by atoms with Gasteiger partial charge in [-0.1, -0.05) is 47.1 Å². The molecule has 180 valence electrons. The number of ether oxygens (including phenoxy) is 1. The van der Waals surface area contributed by atoms with Crippen LogP contribution < -0.4 is 10.2 Å². The highest BCUT2D eigenvalue weighted by atomic mass is 16.8. The first-order chi connectivity index (χ1) is 16.3. The van der Waals surface area contributed by atoms with Gasteiger partial charge in [0.25, 0.3) is 5.91 Å². The first-order valence-electron chi connectivity index (χ1n) is 10.9. The van der Waals surface area contributed by atoms with Gasteiger partial charge in [-0.15, -0.1) is 0 Å². The number of aliphatic hydroxyl groups excluding tert-OH is 3. The fraction of sp³-hybridized carbons (Fsp3) is 0.375. The minimum atomic E-state index is -1.48. The molecule has 4 N–H and O–H groups in total. The number of anilines is 1. The third-order valence-corrected chi connectivity index (χ3v) is 5.83. The minimum absolute atomic E-state index is 0.0426. The van der Waals surface area contributed by atoms with Gasteiger partial charge in [0, 0.05) is 12.5 Å². The van der Waals surface area contributed by atoms with Crippen molar-refractivity contribution in [2.75, 3.05) is 11.5 Å². The zero-order valence-electron chi connectivity index (χ0n) is 18.8. The molecule has 2 aromatic rings. The number of nitrogens with zero attached hydrogens (tertiary/aromatic N) is 2. The summed E-state index contributed by atoms with van der Waals surface area (Å²) >= 11 is 0. The van der Waals surface area contributed by atoms with Crippen LogP contribution >= 0.6 is 0 Å². The summed E-state index contributed by atoms with van der Waals surface area (Å²) in [7, 11) is 0. The highest BCUT2D eigenvalue weighted by Gasteiger charge is 2.46. The van der Waals surface area contributed by atoms with E-state index in [2.05, 4.69) is 10.5 Å². The molecule has 0 radical (unpaired) electrons. The van der Waals surface area contributed by atoms with Crippen molar-refractivity contribution in [1.82, 2.24) is 5.32 Å². The van der Waals surface area contributed by atoms with Crippen LogP contribution in [-0.2, 0) is 25.7 Å². The number of oxime groups is 1. The number of aryl methyl sites for hydroxylation is 1. The Balaban J connectivity index is 1.64. The Morgan fingerprint density at radius 1 is 1.18 bits per heavy atom. The molecule has 2 aliphatic heterocycles. The van der Waals surface area contributed by atoms with Crippen LogP contribution in [0.15, 0.2) is 53.7 Å². The molecule has 1 saturated heterocycles. The largest absolute Gasteiger partial charge is 0.394 e. The molecule has 2 aliphatic rings. The standard InChI is InChI=1S/C24H27N3O7/c1-13-8-9-17-16(10-13)19(23(32)27(17)11-15-6-4-3-5-7-15)26-34-24-20(25-14(2)29)22(31)21(30)18(12-28)33-24/h3-10,18,20-22,24,28,30-31H,11-12H2,1-2H3,(H,25,29)/b26-19-/t18-,20+,21+,22-,24-/m0/s1. The normalized spacial score (nSPS) is 27.6. The summed E-state index contributed by atoms with van der Waals surface area (Å²) in [5, 5.41) is 36.6. The lowest BCUT2D eigenvalue weighted by molar-refractivity contribution is -0.270. The summed E-state index contributed by atoms with van der Waals surface area (Å²) in [5.41, 5.74) is 3.15. The van der Waals surface area contributed by atoms with E-state index in [1.165, 1.54) is 6.92 Å². The first-order valence-corrected chi connectivity index (χ1v) is 10.9. The summed E-state index contributed by atoms with van der Waals surface area (Å²) in [6.45, 7) is 2.87. The number of rotatable bonds is 6. The Hall–Kier alpha value is -3.31. The number of aliphatic hydroxyl groups is 3. The van der Waals surface area contributed by atoms with Crippen molar-refractivity contribution in [3.05, 3.63) is 65.2 Å². The lowest BCUT2D eigenvalue weighted by atomic mass is 9.97. The Morgan fingerprint density at radius 2 is 1.91 bits per heavy atom. The van der Waals surface area contributed by atoms with E-state index in [0.717, 1.165) is 11.1 Å². The van der Waals surface area contributed by atoms with Crippen LogP contribution in [0.4, 0.5) is 5.69 Å². The molecule has 2 heterocycles. The van der Waals surface area contributed by atoms with Crippen molar-refractivity contribution >= 4 is 23.2 Å². The monoisotopic (exact) mass is 469 g/mol. The van der Waals surface area contributed by atoms with E-state index in [9.17, 15) is 24.9 Å². The minimum Gasteiger partial charge on any atom is -0.394 e.